The lowest BCUT2D eigenvalue weighted by molar-refractivity contribution is 0.351. The molecule has 0 aliphatic carbocycles. The minimum atomic E-state index is 0.333. The van der Waals surface area contributed by atoms with E-state index in [1.54, 1.807) is 0 Å². The summed E-state index contributed by atoms with van der Waals surface area (Å²) in [5.41, 5.74) is 0. The van der Waals surface area contributed by atoms with Gasteiger partial charge >= 0.3 is 0 Å². The van der Waals surface area contributed by atoms with Crippen molar-refractivity contribution < 1.29 is 0 Å². The average Bonchev–Trinajstić information content (AvgIpc) is 1.81. The Morgan fingerprint density at radius 3 is 1.80 bits per heavy atom. The topological polar surface area (TPSA) is 0 Å². The Hall–Kier alpha value is 0.290. The van der Waals surface area contributed by atoms with Crippen LogP contribution >= 0.6 is 11.6 Å². The van der Waals surface area contributed by atoms with Gasteiger partial charge in [-0.15, -0.1) is 11.6 Å². The van der Waals surface area contributed by atoms with Crippen LogP contribution in [0.4, 0.5) is 0 Å². The highest BCUT2D eigenvalue weighted by molar-refractivity contribution is 6.20. The van der Waals surface area contributed by atoms with Crippen molar-refractivity contribution >= 4 is 11.6 Å². The molecule has 0 saturated heterocycles. The third-order valence-corrected chi connectivity index (χ3v) is 2.39. The first-order valence-corrected chi connectivity index (χ1v) is 4.67. The van der Waals surface area contributed by atoms with Gasteiger partial charge in [0, 0.05) is 5.38 Å². The lowest BCUT2D eigenvalue weighted by Crippen LogP contribution is -2.17. The summed E-state index contributed by atoms with van der Waals surface area (Å²) < 4.78 is 0. The first kappa shape index (κ1) is 10.3. The molecule has 0 aliphatic rings. The monoisotopic (exact) mass is 162 g/mol. The average molecular weight is 163 g/mol. The van der Waals surface area contributed by atoms with Gasteiger partial charge in [0.2, 0.25) is 0 Å². The summed E-state index contributed by atoms with van der Waals surface area (Å²) in [5, 5.41) is 0.333. The molecular formula is C9H19Cl. The van der Waals surface area contributed by atoms with Gasteiger partial charge < -0.3 is 0 Å². The molecule has 62 valence electrons. The van der Waals surface area contributed by atoms with Crippen molar-refractivity contribution in [2.75, 3.05) is 0 Å². The molecule has 1 heteroatoms. The van der Waals surface area contributed by atoms with Gasteiger partial charge in [0.15, 0.2) is 0 Å². The molecule has 2 atom stereocenters. The second-order valence-electron chi connectivity index (χ2n) is 3.37. The van der Waals surface area contributed by atoms with Gasteiger partial charge in [0.05, 0.1) is 0 Å². The van der Waals surface area contributed by atoms with E-state index in [4.69, 9.17) is 11.6 Å². The fraction of sp³-hybridized carbons (Fsp3) is 1.00. The Labute approximate surface area is 70.0 Å². The minimum absolute atomic E-state index is 0.333. The number of rotatable bonds is 4. The van der Waals surface area contributed by atoms with Gasteiger partial charge in [-0.1, -0.05) is 27.2 Å². The summed E-state index contributed by atoms with van der Waals surface area (Å²) in [6.07, 6.45) is 2.52. The van der Waals surface area contributed by atoms with Crippen molar-refractivity contribution in [2.45, 2.75) is 45.9 Å². The molecule has 0 radical (unpaired) electrons. The molecule has 0 rings (SSSR count). The van der Waals surface area contributed by atoms with Crippen LogP contribution < -0.4 is 0 Å². The van der Waals surface area contributed by atoms with E-state index in [-0.39, 0.29) is 0 Å². The van der Waals surface area contributed by atoms with Crippen LogP contribution in [0.15, 0.2) is 0 Å². The summed E-state index contributed by atoms with van der Waals surface area (Å²) in [5.74, 6) is 1.43. The quantitative estimate of drug-likeness (QED) is 0.554. The zero-order valence-electron chi connectivity index (χ0n) is 7.52. The van der Waals surface area contributed by atoms with Gasteiger partial charge in [-0.05, 0) is 25.2 Å². The zero-order chi connectivity index (χ0) is 8.15. The van der Waals surface area contributed by atoms with Crippen molar-refractivity contribution in [2.24, 2.45) is 11.8 Å². The van der Waals surface area contributed by atoms with Crippen LogP contribution in [0.3, 0.4) is 0 Å². The van der Waals surface area contributed by atoms with E-state index in [1.807, 2.05) is 0 Å². The van der Waals surface area contributed by atoms with Crippen molar-refractivity contribution in [3.63, 3.8) is 0 Å². The normalized spacial score (nSPS) is 17.4. The molecular weight excluding hydrogens is 144 g/mol. The molecule has 0 aromatic carbocycles. The van der Waals surface area contributed by atoms with Crippen LogP contribution in [0.5, 0.6) is 0 Å². The van der Waals surface area contributed by atoms with Gasteiger partial charge in [-0.2, -0.15) is 0 Å². The van der Waals surface area contributed by atoms with E-state index in [2.05, 4.69) is 27.7 Å². The lowest BCUT2D eigenvalue weighted by atomic mass is 9.89. The molecule has 0 saturated carbocycles. The predicted octanol–water partition coefficient (Wildman–Crippen LogP) is 3.69. The Morgan fingerprint density at radius 1 is 1.20 bits per heavy atom. The fourth-order valence-corrected chi connectivity index (χ4v) is 1.84. The predicted molar refractivity (Wildman–Crippen MR) is 48.6 cm³/mol. The molecule has 0 N–H and O–H groups in total. The van der Waals surface area contributed by atoms with Crippen molar-refractivity contribution in [3.8, 4) is 0 Å². The van der Waals surface area contributed by atoms with E-state index in [9.17, 15) is 0 Å². The summed E-state index contributed by atoms with van der Waals surface area (Å²) in [4.78, 5) is 0. The highest BCUT2D eigenvalue weighted by Crippen LogP contribution is 2.24. The summed E-state index contributed by atoms with van der Waals surface area (Å²) in [6, 6.07) is 0. The first-order valence-electron chi connectivity index (χ1n) is 4.23. The first-order chi connectivity index (χ1) is 4.59. The highest BCUT2D eigenvalue weighted by atomic mass is 35.5. The number of alkyl halides is 1. The molecule has 0 spiro atoms. The van der Waals surface area contributed by atoms with E-state index in [0.717, 1.165) is 5.92 Å². The maximum absolute atomic E-state index is 6.02. The second kappa shape index (κ2) is 5.01. The molecule has 0 fully saturated rings. The molecule has 0 aliphatic heterocycles. The molecule has 0 bridgehead atoms. The van der Waals surface area contributed by atoms with E-state index in [0.29, 0.717) is 11.3 Å². The Kier molecular flexibility index (Phi) is 5.15. The molecule has 0 amide bonds. The van der Waals surface area contributed by atoms with Gasteiger partial charge in [-0.3, -0.25) is 0 Å². The number of halogens is 1. The van der Waals surface area contributed by atoms with Crippen LogP contribution in [-0.4, -0.2) is 5.38 Å². The van der Waals surface area contributed by atoms with Crippen molar-refractivity contribution in [1.82, 2.24) is 0 Å². The Balaban J connectivity index is 3.73. The standard InChI is InChI=1S/C9H19Cl/c1-5-6-9(7(2)3)8(4)10/h7-9H,5-6H2,1-4H3. The summed E-state index contributed by atoms with van der Waals surface area (Å²) >= 11 is 6.02. The summed E-state index contributed by atoms with van der Waals surface area (Å²) in [6.45, 7) is 8.81. The maximum Gasteiger partial charge on any atom is 0.0338 e. The summed E-state index contributed by atoms with van der Waals surface area (Å²) in [7, 11) is 0. The third-order valence-electron chi connectivity index (χ3n) is 2.07. The fourth-order valence-electron chi connectivity index (χ4n) is 1.43. The Bertz CT molecular complexity index is 68.8. The Morgan fingerprint density at radius 2 is 1.70 bits per heavy atom. The van der Waals surface area contributed by atoms with Gasteiger partial charge in [0.1, 0.15) is 0 Å². The smallest absolute Gasteiger partial charge is 0.0338 e. The van der Waals surface area contributed by atoms with Crippen LogP contribution in [0, 0.1) is 11.8 Å². The van der Waals surface area contributed by atoms with Crippen molar-refractivity contribution in [3.05, 3.63) is 0 Å². The molecule has 10 heavy (non-hydrogen) atoms. The SMILES string of the molecule is CCCC(C(C)C)C(C)Cl. The molecule has 0 heterocycles. The molecule has 0 nitrogen and oxygen atoms in total. The van der Waals surface area contributed by atoms with E-state index < -0.39 is 0 Å². The van der Waals surface area contributed by atoms with Gasteiger partial charge in [-0.25, -0.2) is 0 Å². The molecule has 0 aromatic heterocycles. The molecule has 2 unspecified atom stereocenters. The van der Waals surface area contributed by atoms with E-state index >= 15 is 0 Å². The third kappa shape index (κ3) is 3.46. The largest absolute Gasteiger partial charge is 0.123 e. The van der Waals surface area contributed by atoms with Crippen LogP contribution in [0.1, 0.15) is 40.5 Å². The lowest BCUT2D eigenvalue weighted by Gasteiger charge is -2.22. The zero-order valence-corrected chi connectivity index (χ0v) is 8.28. The van der Waals surface area contributed by atoms with Crippen LogP contribution in [0.25, 0.3) is 0 Å². The second-order valence-corrected chi connectivity index (χ2v) is 4.06. The van der Waals surface area contributed by atoms with E-state index in [1.165, 1.54) is 12.8 Å². The van der Waals surface area contributed by atoms with Crippen molar-refractivity contribution in [1.29, 1.82) is 0 Å². The number of hydrogen-bond donors (Lipinski definition) is 0. The maximum atomic E-state index is 6.02. The highest BCUT2D eigenvalue weighted by Gasteiger charge is 2.17. The van der Waals surface area contributed by atoms with Crippen LogP contribution in [-0.2, 0) is 0 Å². The minimum Gasteiger partial charge on any atom is -0.123 e. The number of hydrogen-bond acceptors (Lipinski definition) is 0. The van der Waals surface area contributed by atoms with Crippen LogP contribution in [0.2, 0.25) is 0 Å². The molecule has 0 aromatic rings. The van der Waals surface area contributed by atoms with Gasteiger partial charge in [0.25, 0.3) is 0 Å².